The van der Waals surface area contributed by atoms with Crippen LogP contribution in [0.5, 0.6) is 0 Å². The summed E-state index contributed by atoms with van der Waals surface area (Å²) in [6.45, 7) is 6.84. The fourth-order valence-electron chi connectivity index (χ4n) is 1.86. The van der Waals surface area contributed by atoms with Gasteiger partial charge in [0, 0.05) is 22.3 Å². The van der Waals surface area contributed by atoms with Gasteiger partial charge in [-0.15, -0.1) is 0 Å². The van der Waals surface area contributed by atoms with E-state index in [0.29, 0.717) is 24.0 Å². The molecule has 0 saturated carbocycles. The number of rotatable bonds is 5. The average Bonchev–Trinajstić information content (AvgIpc) is 2.44. The number of hydrogen-bond donors (Lipinski definition) is 1. The van der Waals surface area contributed by atoms with Gasteiger partial charge in [-0.25, -0.2) is 0 Å². The van der Waals surface area contributed by atoms with E-state index >= 15 is 0 Å². The first-order valence-corrected chi connectivity index (χ1v) is 7.14. The first kappa shape index (κ1) is 13.1. The molecule has 2 N–H and O–H groups in total. The molecule has 15 heavy (non-hydrogen) atoms. The van der Waals surface area contributed by atoms with Crippen LogP contribution in [0.25, 0.3) is 0 Å². The van der Waals surface area contributed by atoms with Gasteiger partial charge in [0.15, 0.2) is 0 Å². The van der Waals surface area contributed by atoms with Crippen LogP contribution in [0.15, 0.2) is 0 Å². The molecule has 0 spiro atoms. The van der Waals surface area contributed by atoms with E-state index in [2.05, 4.69) is 13.8 Å². The van der Waals surface area contributed by atoms with Gasteiger partial charge in [0.05, 0.1) is 11.7 Å². The van der Waals surface area contributed by atoms with Crippen LogP contribution in [-0.4, -0.2) is 34.0 Å². The minimum atomic E-state index is -0.778. The molecule has 0 aromatic rings. The van der Waals surface area contributed by atoms with Gasteiger partial charge in [-0.05, 0) is 39.2 Å². The summed E-state index contributed by atoms with van der Waals surface area (Å²) < 4.78 is 17.6. The maximum Gasteiger partial charge on any atom is 0.0698 e. The van der Waals surface area contributed by atoms with E-state index in [1.807, 2.05) is 6.92 Å². The highest BCUT2D eigenvalue weighted by molar-refractivity contribution is 7.85. The molecule has 90 valence electrons. The Hall–Kier alpha value is 0.0700. The predicted octanol–water partition coefficient (Wildman–Crippen LogP) is 1.29. The van der Waals surface area contributed by atoms with E-state index in [4.69, 9.17) is 10.5 Å². The minimum absolute atomic E-state index is 0.0195. The van der Waals surface area contributed by atoms with E-state index in [-0.39, 0.29) is 11.7 Å². The summed E-state index contributed by atoms with van der Waals surface area (Å²) in [7, 11) is -0.778. The number of ether oxygens (including phenoxy) is 1. The fraction of sp³-hybridized carbons (Fsp3) is 1.00. The van der Waals surface area contributed by atoms with Crippen LogP contribution in [-0.2, 0) is 15.5 Å². The first-order valence-electron chi connectivity index (χ1n) is 5.66. The van der Waals surface area contributed by atoms with E-state index in [0.717, 1.165) is 12.8 Å². The molecule has 1 heterocycles. The molecule has 1 saturated heterocycles. The van der Waals surface area contributed by atoms with Crippen molar-refractivity contribution in [3.05, 3.63) is 0 Å². The molecular weight excluding hydrogens is 210 g/mol. The van der Waals surface area contributed by atoms with E-state index in [1.54, 1.807) is 0 Å². The summed E-state index contributed by atoms with van der Waals surface area (Å²) in [5.74, 6) is 1.73. The molecule has 0 aromatic carbocycles. The first-order chi connectivity index (χ1) is 6.93. The number of hydrogen-bond acceptors (Lipinski definition) is 3. The molecule has 0 bridgehead atoms. The lowest BCUT2D eigenvalue weighted by atomic mass is 10.1. The summed E-state index contributed by atoms with van der Waals surface area (Å²) in [5, 5.41) is 0. The van der Waals surface area contributed by atoms with Crippen molar-refractivity contribution in [3.8, 4) is 0 Å². The summed E-state index contributed by atoms with van der Waals surface area (Å²) in [5.41, 5.74) is 5.49. The highest BCUT2D eigenvalue weighted by Crippen LogP contribution is 2.29. The molecule has 4 heteroatoms. The summed E-state index contributed by atoms with van der Waals surface area (Å²) in [4.78, 5) is 0. The monoisotopic (exact) mass is 233 g/mol. The maximum atomic E-state index is 11.8. The topological polar surface area (TPSA) is 52.3 Å². The van der Waals surface area contributed by atoms with Gasteiger partial charge in [0.25, 0.3) is 0 Å². The SMILES string of the molecule is CC(CN)CS(=O)CC1CCC(C)(C)O1. The molecule has 0 aromatic heterocycles. The highest BCUT2D eigenvalue weighted by atomic mass is 32.2. The molecule has 3 unspecified atom stereocenters. The molecule has 1 rings (SSSR count). The Kier molecular flexibility index (Phi) is 4.74. The Morgan fingerprint density at radius 1 is 1.60 bits per heavy atom. The zero-order valence-corrected chi connectivity index (χ0v) is 10.8. The van der Waals surface area contributed by atoms with Crippen LogP contribution in [0, 0.1) is 5.92 Å². The van der Waals surface area contributed by atoms with Crippen LogP contribution in [0.2, 0.25) is 0 Å². The molecule has 1 aliphatic heterocycles. The van der Waals surface area contributed by atoms with Gasteiger partial charge >= 0.3 is 0 Å². The third kappa shape index (κ3) is 4.62. The van der Waals surface area contributed by atoms with Gasteiger partial charge < -0.3 is 10.5 Å². The standard InChI is InChI=1S/C11H23NO2S/c1-9(6-12)7-15(13)8-10-4-5-11(2,3)14-10/h9-10H,4-8,12H2,1-3H3. The van der Waals surface area contributed by atoms with Gasteiger partial charge in [-0.1, -0.05) is 6.92 Å². The van der Waals surface area contributed by atoms with Crippen molar-refractivity contribution in [2.45, 2.75) is 45.3 Å². The predicted molar refractivity (Wildman–Crippen MR) is 64.3 cm³/mol. The summed E-state index contributed by atoms with van der Waals surface area (Å²) in [6.07, 6.45) is 2.29. The quantitative estimate of drug-likeness (QED) is 0.778. The Morgan fingerprint density at radius 2 is 2.27 bits per heavy atom. The Bertz CT molecular complexity index is 231. The molecule has 3 nitrogen and oxygen atoms in total. The van der Waals surface area contributed by atoms with Gasteiger partial charge in [-0.3, -0.25) is 4.21 Å². The molecular formula is C11H23NO2S. The van der Waals surface area contributed by atoms with Crippen LogP contribution in [0.4, 0.5) is 0 Å². The molecule has 1 aliphatic rings. The van der Waals surface area contributed by atoms with E-state index in [1.165, 1.54) is 0 Å². The van der Waals surface area contributed by atoms with E-state index < -0.39 is 10.8 Å². The van der Waals surface area contributed by atoms with Gasteiger partial charge in [0.1, 0.15) is 0 Å². The summed E-state index contributed by atoms with van der Waals surface area (Å²) in [6, 6.07) is 0. The van der Waals surface area contributed by atoms with Crippen molar-refractivity contribution in [3.63, 3.8) is 0 Å². The second kappa shape index (κ2) is 5.41. The third-order valence-corrected chi connectivity index (χ3v) is 4.48. The third-order valence-electron chi connectivity index (χ3n) is 2.80. The van der Waals surface area contributed by atoms with Crippen LogP contribution in [0.1, 0.15) is 33.6 Å². The Morgan fingerprint density at radius 3 is 2.73 bits per heavy atom. The van der Waals surface area contributed by atoms with Crippen LogP contribution in [0.3, 0.4) is 0 Å². The zero-order valence-electron chi connectivity index (χ0n) is 9.99. The van der Waals surface area contributed by atoms with Crippen molar-refractivity contribution in [1.29, 1.82) is 0 Å². The Balaban J connectivity index is 2.28. The van der Waals surface area contributed by atoms with Crippen LogP contribution >= 0.6 is 0 Å². The maximum absolute atomic E-state index is 11.8. The Labute approximate surface area is 95.2 Å². The largest absolute Gasteiger partial charge is 0.371 e. The summed E-state index contributed by atoms with van der Waals surface area (Å²) >= 11 is 0. The fourth-order valence-corrected chi connectivity index (χ4v) is 3.41. The van der Waals surface area contributed by atoms with Gasteiger partial charge in [-0.2, -0.15) is 0 Å². The van der Waals surface area contributed by atoms with Crippen molar-refractivity contribution in [2.24, 2.45) is 11.7 Å². The lowest BCUT2D eigenvalue weighted by Crippen LogP contribution is -2.26. The molecule has 1 fully saturated rings. The lowest BCUT2D eigenvalue weighted by molar-refractivity contribution is -0.00499. The molecule has 0 amide bonds. The smallest absolute Gasteiger partial charge is 0.0698 e. The second-order valence-electron chi connectivity index (χ2n) is 5.15. The second-order valence-corrected chi connectivity index (χ2v) is 6.70. The van der Waals surface area contributed by atoms with Crippen molar-refractivity contribution in [1.82, 2.24) is 0 Å². The van der Waals surface area contributed by atoms with Gasteiger partial charge in [0.2, 0.25) is 0 Å². The highest BCUT2D eigenvalue weighted by Gasteiger charge is 2.32. The van der Waals surface area contributed by atoms with E-state index in [9.17, 15) is 4.21 Å². The lowest BCUT2D eigenvalue weighted by Gasteiger charge is -2.19. The van der Waals surface area contributed by atoms with Crippen LogP contribution < -0.4 is 5.73 Å². The average molecular weight is 233 g/mol. The normalized spacial score (nSPS) is 28.9. The molecule has 0 radical (unpaired) electrons. The minimum Gasteiger partial charge on any atom is -0.371 e. The zero-order chi connectivity index (χ0) is 11.5. The molecule has 3 atom stereocenters. The van der Waals surface area contributed by atoms with Crippen molar-refractivity contribution >= 4 is 10.8 Å². The van der Waals surface area contributed by atoms with Crippen molar-refractivity contribution in [2.75, 3.05) is 18.1 Å². The van der Waals surface area contributed by atoms with Crippen molar-refractivity contribution < 1.29 is 8.95 Å². The molecule has 0 aliphatic carbocycles. The number of nitrogens with two attached hydrogens (primary N) is 1.